The molecule has 1 unspecified atom stereocenters. The molecule has 0 N–H and O–H groups in total. The van der Waals surface area contributed by atoms with Crippen molar-refractivity contribution in [2.24, 2.45) is 0 Å². The maximum Gasteiger partial charge on any atom is 0.156 e. The average molecular weight is 176 g/mol. The number of ether oxygens (including phenoxy) is 2. The van der Waals surface area contributed by atoms with Gasteiger partial charge in [0.1, 0.15) is 11.5 Å². The third kappa shape index (κ3) is 2.72. The molecule has 0 heterocycles. The quantitative estimate of drug-likeness (QED) is 0.656. The van der Waals surface area contributed by atoms with Gasteiger partial charge in [0.25, 0.3) is 0 Å². The molecule has 1 aromatic rings. The lowest BCUT2D eigenvalue weighted by atomic mass is 10.3. The molecule has 0 amide bonds. The van der Waals surface area contributed by atoms with Gasteiger partial charge in [-0.1, -0.05) is 12.0 Å². The zero-order chi connectivity index (χ0) is 9.68. The first-order chi connectivity index (χ1) is 6.26. The molecule has 2 heteroatoms. The van der Waals surface area contributed by atoms with E-state index in [1.165, 1.54) is 0 Å². The first-order valence-electron chi connectivity index (χ1n) is 4.03. The van der Waals surface area contributed by atoms with E-state index in [4.69, 9.17) is 15.9 Å². The third-order valence-electron chi connectivity index (χ3n) is 1.59. The number of hydrogen-bond acceptors (Lipinski definition) is 2. The van der Waals surface area contributed by atoms with E-state index in [1.54, 1.807) is 13.2 Å². The Labute approximate surface area is 78.5 Å². The molecule has 0 saturated carbocycles. The van der Waals surface area contributed by atoms with Crippen LogP contribution in [0.1, 0.15) is 6.92 Å². The Kier molecular flexibility index (Phi) is 3.22. The van der Waals surface area contributed by atoms with Gasteiger partial charge >= 0.3 is 0 Å². The summed E-state index contributed by atoms with van der Waals surface area (Å²) in [5.41, 5.74) is 0. The van der Waals surface area contributed by atoms with Gasteiger partial charge in [0.05, 0.1) is 7.11 Å². The Hall–Kier alpha value is -1.62. The summed E-state index contributed by atoms with van der Waals surface area (Å²) < 4.78 is 10.4. The molecule has 0 aliphatic heterocycles. The second-order valence-corrected chi connectivity index (χ2v) is 2.61. The zero-order valence-corrected chi connectivity index (χ0v) is 7.78. The molecule has 2 nitrogen and oxygen atoms in total. The van der Waals surface area contributed by atoms with Crippen LogP contribution in [0.5, 0.6) is 11.5 Å². The monoisotopic (exact) mass is 176 g/mol. The number of rotatable bonds is 3. The highest BCUT2D eigenvalue weighted by Crippen LogP contribution is 2.19. The average Bonchev–Trinajstić information content (AvgIpc) is 2.18. The molecule has 0 bridgehead atoms. The zero-order valence-electron chi connectivity index (χ0n) is 7.78. The van der Waals surface area contributed by atoms with E-state index in [1.807, 2.05) is 25.1 Å². The van der Waals surface area contributed by atoms with Crippen molar-refractivity contribution >= 4 is 0 Å². The van der Waals surface area contributed by atoms with Crippen molar-refractivity contribution in [2.75, 3.05) is 7.11 Å². The highest BCUT2D eigenvalue weighted by Gasteiger charge is 1.99. The smallest absolute Gasteiger partial charge is 0.156 e. The number of benzene rings is 1. The SMILES string of the molecule is C#CC(C)Oc1cccc(OC)c1. The van der Waals surface area contributed by atoms with Gasteiger partial charge in [-0.25, -0.2) is 0 Å². The lowest BCUT2D eigenvalue weighted by Crippen LogP contribution is -2.07. The van der Waals surface area contributed by atoms with Crippen LogP contribution in [-0.4, -0.2) is 13.2 Å². The molecule has 0 spiro atoms. The summed E-state index contributed by atoms with van der Waals surface area (Å²) in [5, 5.41) is 0. The van der Waals surface area contributed by atoms with Gasteiger partial charge in [0.15, 0.2) is 6.10 Å². The second kappa shape index (κ2) is 4.42. The highest BCUT2D eigenvalue weighted by molar-refractivity contribution is 5.33. The Balaban J connectivity index is 2.73. The predicted octanol–water partition coefficient (Wildman–Crippen LogP) is 2.10. The predicted molar refractivity (Wildman–Crippen MR) is 51.9 cm³/mol. The Morgan fingerprint density at radius 1 is 1.38 bits per heavy atom. The van der Waals surface area contributed by atoms with Gasteiger partial charge in [-0.05, 0) is 19.1 Å². The molecule has 0 saturated heterocycles. The van der Waals surface area contributed by atoms with Gasteiger partial charge in [0, 0.05) is 6.07 Å². The molecule has 1 aromatic carbocycles. The third-order valence-corrected chi connectivity index (χ3v) is 1.59. The summed E-state index contributed by atoms with van der Waals surface area (Å²) in [6.07, 6.45) is 4.97. The van der Waals surface area contributed by atoms with Crippen LogP contribution in [0.2, 0.25) is 0 Å². The van der Waals surface area contributed by atoms with Gasteiger partial charge < -0.3 is 9.47 Å². The Bertz CT molecular complexity index is 312. The molecular weight excluding hydrogens is 164 g/mol. The first-order valence-corrected chi connectivity index (χ1v) is 4.03. The van der Waals surface area contributed by atoms with Crippen LogP contribution in [0.25, 0.3) is 0 Å². The number of terminal acetylenes is 1. The van der Waals surface area contributed by atoms with Crippen LogP contribution in [0.15, 0.2) is 24.3 Å². The van der Waals surface area contributed by atoms with Crippen molar-refractivity contribution in [1.29, 1.82) is 0 Å². The Morgan fingerprint density at radius 3 is 2.69 bits per heavy atom. The van der Waals surface area contributed by atoms with E-state index in [-0.39, 0.29) is 6.10 Å². The van der Waals surface area contributed by atoms with Crippen molar-refractivity contribution in [1.82, 2.24) is 0 Å². The molecule has 0 aliphatic carbocycles. The van der Waals surface area contributed by atoms with E-state index >= 15 is 0 Å². The minimum atomic E-state index is -0.216. The summed E-state index contributed by atoms with van der Waals surface area (Å²) >= 11 is 0. The van der Waals surface area contributed by atoms with Gasteiger partial charge in [-0.2, -0.15) is 0 Å². The van der Waals surface area contributed by atoms with Crippen molar-refractivity contribution in [3.8, 4) is 23.8 Å². The topological polar surface area (TPSA) is 18.5 Å². The molecule has 13 heavy (non-hydrogen) atoms. The normalized spacial score (nSPS) is 11.5. The van der Waals surface area contributed by atoms with Crippen LogP contribution >= 0.6 is 0 Å². The second-order valence-electron chi connectivity index (χ2n) is 2.61. The molecule has 0 fully saturated rings. The van der Waals surface area contributed by atoms with Gasteiger partial charge in [-0.3, -0.25) is 0 Å². The fourth-order valence-electron chi connectivity index (χ4n) is 0.913. The van der Waals surface area contributed by atoms with Crippen molar-refractivity contribution in [2.45, 2.75) is 13.0 Å². The summed E-state index contributed by atoms with van der Waals surface area (Å²) in [7, 11) is 1.61. The van der Waals surface area contributed by atoms with Crippen LogP contribution in [0.4, 0.5) is 0 Å². The minimum Gasteiger partial charge on any atom is -0.497 e. The molecule has 0 aromatic heterocycles. The summed E-state index contributed by atoms with van der Waals surface area (Å²) in [6.45, 7) is 1.82. The number of hydrogen-bond donors (Lipinski definition) is 0. The number of methoxy groups -OCH3 is 1. The highest BCUT2D eigenvalue weighted by atomic mass is 16.5. The van der Waals surface area contributed by atoms with E-state index < -0.39 is 0 Å². The molecule has 1 rings (SSSR count). The summed E-state index contributed by atoms with van der Waals surface area (Å²) in [5.74, 6) is 3.98. The van der Waals surface area contributed by atoms with Crippen LogP contribution in [0.3, 0.4) is 0 Å². The minimum absolute atomic E-state index is 0.216. The van der Waals surface area contributed by atoms with Crippen molar-refractivity contribution in [3.05, 3.63) is 24.3 Å². The first kappa shape index (κ1) is 9.47. The van der Waals surface area contributed by atoms with E-state index in [9.17, 15) is 0 Å². The van der Waals surface area contributed by atoms with E-state index in [0.29, 0.717) is 0 Å². The molecule has 68 valence electrons. The van der Waals surface area contributed by atoms with E-state index in [0.717, 1.165) is 11.5 Å². The molecule has 1 atom stereocenters. The summed E-state index contributed by atoms with van der Waals surface area (Å²) in [4.78, 5) is 0. The van der Waals surface area contributed by atoms with Crippen molar-refractivity contribution < 1.29 is 9.47 Å². The van der Waals surface area contributed by atoms with Crippen molar-refractivity contribution in [3.63, 3.8) is 0 Å². The largest absolute Gasteiger partial charge is 0.497 e. The summed E-state index contributed by atoms with van der Waals surface area (Å²) in [6, 6.07) is 7.36. The fraction of sp³-hybridized carbons (Fsp3) is 0.273. The Morgan fingerprint density at radius 2 is 2.08 bits per heavy atom. The van der Waals surface area contributed by atoms with Gasteiger partial charge in [0.2, 0.25) is 0 Å². The molecular formula is C11H12O2. The van der Waals surface area contributed by atoms with Crippen LogP contribution < -0.4 is 9.47 Å². The maximum absolute atomic E-state index is 5.39. The van der Waals surface area contributed by atoms with Crippen LogP contribution in [-0.2, 0) is 0 Å². The molecule has 0 radical (unpaired) electrons. The maximum atomic E-state index is 5.39. The fourth-order valence-corrected chi connectivity index (χ4v) is 0.913. The lowest BCUT2D eigenvalue weighted by molar-refractivity contribution is 0.277. The van der Waals surface area contributed by atoms with Crippen LogP contribution in [0, 0.1) is 12.3 Å². The standard InChI is InChI=1S/C11H12O2/c1-4-9(2)13-11-7-5-6-10(8-11)12-3/h1,5-9H,2-3H3. The molecule has 0 aliphatic rings. The van der Waals surface area contributed by atoms with Gasteiger partial charge in [-0.15, -0.1) is 6.42 Å². The lowest BCUT2D eigenvalue weighted by Gasteiger charge is -2.09. The van der Waals surface area contributed by atoms with E-state index in [2.05, 4.69) is 5.92 Å².